The van der Waals surface area contributed by atoms with Crippen LogP contribution in [0.1, 0.15) is 20.4 Å². The van der Waals surface area contributed by atoms with Crippen LogP contribution >= 0.6 is 22.9 Å². The van der Waals surface area contributed by atoms with Gasteiger partial charge in [-0.1, -0.05) is 11.6 Å². The Hall–Kier alpha value is -1.46. The standard InChI is InChI=1S/C12H12ClN3OS/c1-8-15-16-11(18-8)6-7-14-12(17)9-2-4-10(13)5-3-9/h2-5H,6-7H2,1H3,(H,14,17). The Labute approximate surface area is 114 Å². The lowest BCUT2D eigenvalue weighted by atomic mass is 10.2. The van der Waals surface area contributed by atoms with Crippen molar-refractivity contribution >= 4 is 28.8 Å². The summed E-state index contributed by atoms with van der Waals surface area (Å²) in [6.07, 6.45) is 0.699. The largest absolute Gasteiger partial charge is 0.352 e. The molecule has 0 bridgehead atoms. The molecular weight excluding hydrogens is 270 g/mol. The topological polar surface area (TPSA) is 54.9 Å². The number of hydrogen-bond acceptors (Lipinski definition) is 4. The zero-order valence-corrected chi connectivity index (χ0v) is 11.4. The highest BCUT2D eigenvalue weighted by atomic mass is 35.5. The van der Waals surface area contributed by atoms with Gasteiger partial charge in [-0.2, -0.15) is 0 Å². The van der Waals surface area contributed by atoms with Gasteiger partial charge in [-0.25, -0.2) is 0 Å². The smallest absolute Gasteiger partial charge is 0.251 e. The van der Waals surface area contributed by atoms with E-state index in [4.69, 9.17) is 11.6 Å². The highest BCUT2D eigenvalue weighted by Gasteiger charge is 2.05. The summed E-state index contributed by atoms with van der Waals surface area (Å²) in [6.45, 7) is 2.46. The average molecular weight is 282 g/mol. The lowest BCUT2D eigenvalue weighted by Crippen LogP contribution is -2.25. The Morgan fingerprint density at radius 2 is 2.06 bits per heavy atom. The van der Waals surface area contributed by atoms with Gasteiger partial charge >= 0.3 is 0 Å². The number of carbonyl (C=O) groups is 1. The molecule has 0 aliphatic carbocycles. The molecule has 0 spiro atoms. The predicted octanol–water partition coefficient (Wildman–Crippen LogP) is 2.47. The molecule has 0 aliphatic heterocycles. The molecule has 2 aromatic rings. The van der Waals surface area contributed by atoms with Crippen molar-refractivity contribution in [3.05, 3.63) is 44.9 Å². The number of benzene rings is 1. The molecule has 0 unspecified atom stereocenters. The van der Waals surface area contributed by atoms with Gasteiger partial charge in [-0.15, -0.1) is 21.5 Å². The zero-order chi connectivity index (χ0) is 13.0. The quantitative estimate of drug-likeness (QED) is 0.937. The van der Waals surface area contributed by atoms with E-state index in [0.29, 0.717) is 23.6 Å². The number of nitrogens with one attached hydrogen (secondary N) is 1. The average Bonchev–Trinajstić information content (AvgIpc) is 2.76. The van der Waals surface area contributed by atoms with E-state index in [9.17, 15) is 4.79 Å². The molecule has 0 saturated heterocycles. The summed E-state index contributed by atoms with van der Waals surface area (Å²) >= 11 is 7.30. The molecular formula is C12H12ClN3OS. The van der Waals surface area contributed by atoms with E-state index in [0.717, 1.165) is 10.0 Å². The van der Waals surface area contributed by atoms with Crippen molar-refractivity contribution in [2.45, 2.75) is 13.3 Å². The normalized spacial score (nSPS) is 10.3. The first-order valence-corrected chi connectivity index (χ1v) is 6.67. The first kappa shape index (κ1) is 13.0. The number of amides is 1. The maximum absolute atomic E-state index is 11.8. The van der Waals surface area contributed by atoms with Gasteiger partial charge < -0.3 is 5.32 Å². The van der Waals surface area contributed by atoms with Gasteiger partial charge in [0.25, 0.3) is 5.91 Å². The molecule has 0 saturated carbocycles. The van der Waals surface area contributed by atoms with Crippen LogP contribution in [0.3, 0.4) is 0 Å². The van der Waals surface area contributed by atoms with Crippen LogP contribution in [-0.2, 0) is 6.42 Å². The second kappa shape index (κ2) is 5.93. The van der Waals surface area contributed by atoms with Crippen molar-refractivity contribution in [2.75, 3.05) is 6.54 Å². The summed E-state index contributed by atoms with van der Waals surface area (Å²) in [5.74, 6) is -0.104. The highest BCUT2D eigenvalue weighted by Crippen LogP contribution is 2.10. The van der Waals surface area contributed by atoms with E-state index in [2.05, 4.69) is 15.5 Å². The number of hydrogen-bond donors (Lipinski definition) is 1. The van der Waals surface area contributed by atoms with Crippen LogP contribution in [-0.4, -0.2) is 22.6 Å². The molecule has 1 heterocycles. The maximum Gasteiger partial charge on any atom is 0.251 e. The third-order valence-electron chi connectivity index (χ3n) is 2.30. The molecule has 0 aliphatic rings. The molecule has 1 aromatic carbocycles. The van der Waals surface area contributed by atoms with E-state index >= 15 is 0 Å². The number of carbonyl (C=O) groups excluding carboxylic acids is 1. The molecule has 2 rings (SSSR count). The Balaban J connectivity index is 1.83. The van der Waals surface area contributed by atoms with Crippen LogP contribution in [0.4, 0.5) is 0 Å². The monoisotopic (exact) mass is 281 g/mol. The van der Waals surface area contributed by atoms with Crippen LogP contribution in [0, 0.1) is 6.92 Å². The summed E-state index contributed by atoms with van der Waals surface area (Å²) in [4.78, 5) is 11.8. The molecule has 6 heteroatoms. The minimum Gasteiger partial charge on any atom is -0.352 e. The molecule has 4 nitrogen and oxygen atoms in total. The molecule has 1 amide bonds. The van der Waals surface area contributed by atoms with Gasteiger partial charge in [0.05, 0.1) is 0 Å². The molecule has 0 fully saturated rings. The Morgan fingerprint density at radius 3 is 2.67 bits per heavy atom. The van der Waals surface area contributed by atoms with E-state index in [1.165, 1.54) is 0 Å². The van der Waals surface area contributed by atoms with Crippen LogP contribution < -0.4 is 5.32 Å². The van der Waals surface area contributed by atoms with Crippen LogP contribution in [0.25, 0.3) is 0 Å². The van der Waals surface area contributed by atoms with Gasteiger partial charge in [-0.3, -0.25) is 4.79 Å². The fraction of sp³-hybridized carbons (Fsp3) is 0.250. The molecule has 94 valence electrons. The highest BCUT2D eigenvalue weighted by molar-refractivity contribution is 7.11. The third kappa shape index (κ3) is 3.51. The Bertz CT molecular complexity index is 539. The maximum atomic E-state index is 11.8. The van der Waals surface area contributed by atoms with Crippen LogP contribution in [0.2, 0.25) is 5.02 Å². The summed E-state index contributed by atoms with van der Waals surface area (Å²) in [6, 6.07) is 6.80. The first-order valence-electron chi connectivity index (χ1n) is 5.48. The second-order valence-corrected chi connectivity index (χ2v) is 5.43. The second-order valence-electron chi connectivity index (χ2n) is 3.73. The minimum atomic E-state index is -0.104. The van der Waals surface area contributed by atoms with Gasteiger partial charge in [0, 0.05) is 23.6 Å². The molecule has 0 radical (unpaired) electrons. The minimum absolute atomic E-state index is 0.104. The van der Waals surface area contributed by atoms with Crippen molar-refractivity contribution in [3.63, 3.8) is 0 Å². The SMILES string of the molecule is Cc1nnc(CCNC(=O)c2ccc(Cl)cc2)s1. The number of halogens is 1. The van der Waals surface area contributed by atoms with Crippen LogP contribution in [0.5, 0.6) is 0 Å². The Kier molecular flexibility index (Phi) is 4.28. The van der Waals surface area contributed by atoms with Crippen molar-refractivity contribution in [1.82, 2.24) is 15.5 Å². The lowest BCUT2D eigenvalue weighted by molar-refractivity contribution is 0.0954. The number of rotatable bonds is 4. The fourth-order valence-corrected chi connectivity index (χ4v) is 2.26. The summed E-state index contributed by atoms with van der Waals surface area (Å²) < 4.78 is 0. The summed E-state index contributed by atoms with van der Waals surface area (Å²) in [5, 5.41) is 13.2. The third-order valence-corrected chi connectivity index (χ3v) is 3.45. The fourth-order valence-electron chi connectivity index (χ4n) is 1.42. The van der Waals surface area contributed by atoms with Crippen molar-refractivity contribution in [2.24, 2.45) is 0 Å². The predicted molar refractivity (Wildman–Crippen MR) is 72.1 cm³/mol. The first-order chi connectivity index (χ1) is 8.65. The van der Waals surface area contributed by atoms with Crippen LogP contribution in [0.15, 0.2) is 24.3 Å². The van der Waals surface area contributed by atoms with E-state index in [1.807, 2.05) is 6.92 Å². The van der Waals surface area contributed by atoms with Crippen molar-refractivity contribution in [3.8, 4) is 0 Å². The van der Waals surface area contributed by atoms with Gasteiger partial charge in [-0.05, 0) is 31.2 Å². The van der Waals surface area contributed by atoms with E-state index in [1.54, 1.807) is 35.6 Å². The van der Waals surface area contributed by atoms with Gasteiger partial charge in [0.2, 0.25) is 0 Å². The molecule has 18 heavy (non-hydrogen) atoms. The molecule has 1 aromatic heterocycles. The van der Waals surface area contributed by atoms with Gasteiger partial charge in [0.15, 0.2) is 0 Å². The molecule has 0 atom stereocenters. The van der Waals surface area contributed by atoms with Crippen molar-refractivity contribution in [1.29, 1.82) is 0 Å². The number of aryl methyl sites for hydroxylation is 1. The van der Waals surface area contributed by atoms with Crippen molar-refractivity contribution < 1.29 is 4.79 Å². The number of aromatic nitrogens is 2. The van der Waals surface area contributed by atoms with E-state index in [-0.39, 0.29) is 5.91 Å². The summed E-state index contributed by atoms with van der Waals surface area (Å²) in [7, 11) is 0. The zero-order valence-electron chi connectivity index (χ0n) is 9.81. The Morgan fingerprint density at radius 1 is 1.33 bits per heavy atom. The van der Waals surface area contributed by atoms with E-state index < -0.39 is 0 Å². The molecule has 1 N–H and O–H groups in total. The lowest BCUT2D eigenvalue weighted by Gasteiger charge is -2.03. The van der Waals surface area contributed by atoms with Gasteiger partial charge in [0.1, 0.15) is 10.0 Å². The number of nitrogens with zero attached hydrogens (tertiary/aromatic N) is 2. The summed E-state index contributed by atoms with van der Waals surface area (Å²) in [5.41, 5.74) is 0.604.